The number of ether oxygens (including phenoxy) is 1. The number of methoxy groups -OCH3 is 1. The summed E-state index contributed by atoms with van der Waals surface area (Å²) in [6.07, 6.45) is 3.29. The molecule has 0 bridgehead atoms. The predicted octanol–water partition coefficient (Wildman–Crippen LogP) is 4.48. The Bertz CT molecular complexity index is 1310. The summed E-state index contributed by atoms with van der Waals surface area (Å²) in [5.41, 5.74) is 2.07. The second-order valence-electron chi connectivity index (χ2n) is 7.20. The highest BCUT2D eigenvalue weighted by atomic mass is 79.9. The van der Waals surface area contributed by atoms with Crippen molar-refractivity contribution in [2.45, 2.75) is 11.7 Å². The lowest BCUT2D eigenvalue weighted by Gasteiger charge is -2.09. The number of thioether (sulfide) groups is 1. The van der Waals surface area contributed by atoms with Gasteiger partial charge in [0.15, 0.2) is 11.0 Å². The number of carbonyl (C=O) groups is 2. The van der Waals surface area contributed by atoms with E-state index in [2.05, 4.69) is 41.6 Å². The number of nitrogens with one attached hydrogen (secondary N) is 2. The minimum atomic E-state index is -0.271. The quantitative estimate of drug-likeness (QED) is 0.294. The number of benzene rings is 2. The monoisotopic (exact) mass is 552 g/mol. The standard InChI is InChI=1S/C24H21BrN6O3S/c1-34-18-8-6-17(7-9-18)27-22(33)15-35-24-29-23(16-10-12-26-13-11-16)30-31(24)14-21(32)28-20-5-3-2-4-19(20)25/h2-13H,14-15H2,1H3,(H,27,33)(H,28,32). The lowest BCUT2D eigenvalue weighted by Crippen LogP contribution is -2.21. The van der Waals surface area contributed by atoms with Crippen molar-refractivity contribution in [1.82, 2.24) is 19.7 Å². The topological polar surface area (TPSA) is 111 Å². The van der Waals surface area contributed by atoms with Gasteiger partial charge in [-0.2, -0.15) is 0 Å². The number of pyridine rings is 1. The molecule has 4 aromatic rings. The molecule has 178 valence electrons. The molecule has 2 heterocycles. The first kappa shape index (κ1) is 24.4. The third-order valence-corrected chi connectivity index (χ3v) is 6.38. The Kier molecular flexibility index (Phi) is 8.11. The second kappa shape index (κ2) is 11.6. The Morgan fingerprint density at radius 2 is 1.74 bits per heavy atom. The second-order valence-corrected chi connectivity index (χ2v) is 9.00. The van der Waals surface area contributed by atoms with Crippen LogP contribution in [0.25, 0.3) is 11.4 Å². The van der Waals surface area contributed by atoms with Crippen molar-refractivity contribution < 1.29 is 14.3 Å². The fourth-order valence-corrected chi connectivity index (χ4v) is 4.17. The molecular weight excluding hydrogens is 532 g/mol. The summed E-state index contributed by atoms with van der Waals surface area (Å²) in [6.45, 7) is -0.0676. The van der Waals surface area contributed by atoms with Crippen LogP contribution in [-0.4, -0.2) is 44.4 Å². The van der Waals surface area contributed by atoms with Crippen LogP contribution in [0.1, 0.15) is 0 Å². The van der Waals surface area contributed by atoms with Crippen molar-refractivity contribution in [1.29, 1.82) is 0 Å². The average molecular weight is 553 g/mol. The van der Waals surface area contributed by atoms with E-state index < -0.39 is 0 Å². The SMILES string of the molecule is COc1ccc(NC(=O)CSc2nc(-c3ccncc3)nn2CC(=O)Nc2ccccc2Br)cc1. The largest absolute Gasteiger partial charge is 0.497 e. The van der Waals surface area contributed by atoms with Gasteiger partial charge in [0.2, 0.25) is 11.8 Å². The molecule has 0 fully saturated rings. The van der Waals surface area contributed by atoms with Crippen LogP contribution in [-0.2, 0) is 16.1 Å². The van der Waals surface area contributed by atoms with Crippen LogP contribution in [0.5, 0.6) is 5.75 Å². The Morgan fingerprint density at radius 3 is 2.46 bits per heavy atom. The first-order valence-electron chi connectivity index (χ1n) is 10.5. The van der Waals surface area contributed by atoms with Gasteiger partial charge in [-0.3, -0.25) is 14.6 Å². The van der Waals surface area contributed by atoms with Crippen molar-refractivity contribution in [3.63, 3.8) is 0 Å². The summed E-state index contributed by atoms with van der Waals surface area (Å²) in [5, 5.41) is 10.6. The van der Waals surface area contributed by atoms with Gasteiger partial charge in [-0.25, -0.2) is 9.67 Å². The Hall–Kier alpha value is -3.70. The van der Waals surface area contributed by atoms with Crippen LogP contribution < -0.4 is 15.4 Å². The molecule has 0 aliphatic rings. The van der Waals surface area contributed by atoms with Crippen molar-refractivity contribution in [2.75, 3.05) is 23.5 Å². The number of para-hydroxylation sites is 1. The summed E-state index contributed by atoms with van der Waals surface area (Å²) >= 11 is 4.62. The molecule has 0 unspecified atom stereocenters. The summed E-state index contributed by atoms with van der Waals surface area (Å²) < 4.78 is 7.40. The number of halogens is 1. The number of aromatic nitrogens is 4. The molecule has 2 amide bonds. The van der Waals surface area contributed by atoms with E-state index >= 15 is 0 Å². The van der Waals surface area contributed by atoms with Gasteiger partial charge < -0.3 is 15.4 Å². The molecular formula is C24H21BrN6O3S. The zero-order valence-electron chi connectivity index (χ0n) is 18.6. The molecule has 2 aromatic heterocycles. The van der Waals surface area contributed by atoms with Crippen LogP contribution >= 0.6 is 27.7 Å². The smallest absolute Gasteiger partial charge is 0.246 e. The maximum atomic E-state index is 12.7. The zero-order chi connectivity index (χ0) is 24.6. The highest BCUT2D eigenvalue weighted by molar-refractivity contribution is 9.10. The van der Waals surface area contributed by atoms with Gasteiger partial charge in [0.05, 0.1) is 18.6 Å². The van der Waals surface area contributed by atoms with E-state index in [9.17, 15) is 9.59 Å². The van der Waals surface area contributed by atoms with Crippen molar-refractivity contribution in [3.05, 3.63) is 77.5 Å². The summed E-state index contributed by atoms with van der Waals surface area (Å²) in [4.78, 5) is 33.8. The molecule has 35 heavy (non-hydrogen) atoms. The number of hydrogen-bond donors (Lipinski definition) is 2. The Labute approximate surface area is 214 Å². The van der Waals surface area contributed by atoms with E-state index in [1.165, 1.54) is 16.4 Å². The molecule has 2 aromatic carbocycles. The average Bonchev–Trinajstić information content (AvgIpc) is 3.27. The molecule has 0 atom stereocenters. The van der Waals surface area contributed by atoms with Gasteiger partial charge in [-0.1, -0.05) is 23.9 Å². The maximum absolute atomic E-state index is 12.7. The van der Waals surface area contributed by atoms with Gasteiger partial charge in [-0.15, -0.1) is 5.10 Å². The lowest BCUT2D eigenvalue weighted by atomic mass is 10.3. The number of rotatable bonds is 9. The van der Waals surface area contributed by atoms with E-state index in [1.807, 2.05) is 18.2 Å². The van der Waals surface area contributed by atoms with Crippen LogP contribution in [0.2, 0.25) is 0 Å². The van der Waals surface area contributed by atoms with E-state index in [0.29, 0.717) is 28.1 Å². The first-order chi connectivity index (χ1) is 17.0. The van der Waals surface area contributed by atoms with E-state index in [-0.39, 0.29) is 24.1 Å². The Morgan fingerprint density at radius 1 is 1.00 bits per heavy atom. The van der Waals surface area contributed by atoms with E-state index in [4.69, 9.17) is 4.74 Å². The van der Waals surface area contributed by atoms with Gasteiger partial charge in [0.25, 0.3) is 0 Å². The zero-order valence-corrected chi connectivity index (χ0v) is 21.0. The molecule has 0 saturated heterocycles. The molecule has 0 aliphatic carbocycles. The molecule has 0 radical (unpaired) electrons. The maximum Gasteiger partial charge on any atom is 0.246 e. The lowest BCUT2D eigenvalue weighted by molar-refractivity contribution is -0.117. The van der Waals surface area contributed by atoms with E-state index in [1.54, 1.807) is 62.0 Å². The van der Waals surface area contributed by atoms with Crippen molar-refractivity contribution >= 4 is 50.9 Å². The molecule has 4 rings (SSSR count). The minimum Gasteiger partial charge on any atom is -0.497 e. The number of amides is 2. The van der Waals surface area contributed by atoms with Gasteiger partial charge in [0.1, 0.15) is 12.3 Å². The van der Waals surface area contributed by atoms with E-state index in [0.717, 1.165) is 10.0 Å². The van der Waals surface area contributed by atoms with Gasteiger partial charge in [-0.05, 0) is 64.5 Å². The normalized spacial score (nSPS) is 10.6. The highest BCUT2D eigenvalue weighted by Crippen LogP contribution is 2.24. The van der Waals surface area contributed by atoms with Gasteiger partial charge in [0, 0.05) is 28.1 Å². The fraction of sp³-hybridized carbons (Fsp3) is 0.125. The van der Waals surface area contributed by atoms with Crippen molar-refractivity contribution in [3.8, 4) is 17.1 Å². The number of hydrogen-bond acceptors (Lipinski definition) is 7. The van der Waals surface area contributed by atoms with Crippen LogP contribution in [0.3, 0.4) is 0 Å². The third-order valence-electron chi connectivity index (χ3n) is 4.72. The highest BCUT2D eigenvalue weighted by Gasteiger charge is 2.17. The fourth-order valence-electron chi connectivity index (χ4n) is 3.05. The molecule has 0 aliphatic heterocycles. The summed E-state index contributed by atoms with van der Waals surface area (Å²) in [5.74, 6) is 0.756. The van der Waals surface area contributed by atoms with Crippen LogP contribution in [0, 0.1) is 0 Å². The van der Waals surface area contributed by atoms with Crippen LogP contribution in [0.4, 0.5) is 11.4 Å². The number of carbonyl (C=O) groups excluding carboxylic acids is 2. The first-order valence-corrected chi connectivity index (χ1v) is 12.3. The minimum absolute atomic E-state index is 0.0676. The summed E-state index contributed by atoms with van der Waals surface area (Å²) in [7, 11) is 1.58. The predicted molar refractivity (Wildman–Crippen MR) is 138 cm³/mol. The summed E-state index contributed by atoms with van der Waals surface area (Å²) in [6, 6.07) is 18.0. The number of nitrogens with zero attached hydrogens (tertiary/aromatic N) is 4. The molecule has 0 spiro atoms. The van der Waals surface area contributed by atoms with Crippen LogP contribution in [0.15, 0.2) is 82.7 Å². The molecule has 2 N–H and O–H groups in total. The van der Waals surface area contributed by atoms with Gasteiger partial charge >= 0.3 is 0 Å². The number of anilines is 2. The Balaban J connectivity index is 1.47. The third kappa shape index (κ3) is 6.67. The molecule has 11 heteroatoms. The van der Waals surface area contributed by atoms with Crippen molar-refractivity contribution in [2.24, 2.45) is 0 Å². The molecule has 0 saturated carbocycles. The molecule has 9 nitrogen and oxygen atoms in total.